The van der Waals surface area contributed by atoms with Crippen LogP contribution < -0.4 is 5.32 Å². The Morgan fingerprint density at radius 3 is 2.09 bits per heavy atom. The lowest BCUT2D eigenvalue weighted by atomic mass is 10.0. The summed E-state index contributed by atoms with van der Waals surface area (Å²) in [4.78, 5) is 22.9. The van der Waals surface area contributed by atoms with Crippen LogP contribution in [-0.2, 0) is 21.9 Å². The van der Waals surface area contributed by atoms with Gasteiger partial charge < -0.3 is 5.32 Å². The smallest absolute Gasteiger partial charge is 0.326 e. The molecule has 0 atom stereocenters. The fraction of sp³-hybridized carbons (Fsp3) is 0.222. The van der Waals surface area contributed by atoms with Gasteiger partial charge in [0.2, 0.25) is 11.7 Å². The van der Waals surface area contributed by atoms with Gasteiger partial charge in [0.15, 0.2) is 0 Å². The van der Waals surface area contributed by atoms with Crippen LogP contribution in [0, 0.1) is 6.92 Å². The minimum absolute atomic E-state index is 0.0692. The Labute approximate surface area is 133 Å². The van der Waals surface area contributed by atoms with Crippen LogP contribution in [0.2, 0.25) is 0 Å². The molecule has 5 heteroatoms. The van der Waals surface area contributed by atoms with Crippen LogP contribution in [0.5, 0.6) is 0 Å². The van der Waals surface area contributed by atoms with Crippen molar-refractivity contribution >= 4 is 17.4 Å². The zero-order valence-electron chi connectivity index (χ0n) is 12.9. The first-order chi connectivity index (χ1) is 10.8. The third kappa shape index (κ3) is 4.22. The van der Waals surface area contributed by atoms with E-state index >= 15 is 0 Å². The number of hydrogen-bond acceptors (Lipinski definition) is 2. The van der Waals surface area contributed by atoms with Crippen LogP contribution in [0.1, 0.15) is 23.6 Å². The van der Waals surface area contributed by atoms with E-state index in [0.717, 1.165) is 12.5 Å². The van der Waals surface area contributed by atoms with E-state index in [2.05, 4.69) is 5.32 Å². The topological polar surface area (TPSA) is 46.2 Å². The second-order valence-corrected chi connectivity index (χ2v) is 5.42. The minimum atomic E-state index is -3.50. The van der Waals surface area contributed by atoms with E-state index < -0.39 is 11.7 Å². The van der Waals surface area contributed by atoms with E-state index in [1.165, 1.54) is 24.3 Å². The second kappa shape index (κ2) is 6.69. The molecule has 2 aromatic rings. The standard InChI is InChI=1S/C18H17F2NO2/c1-12-3-9-16(10-4-12)21-17(23)11-14-5-7-15(8-6-14)18(19,20)13(2)22/h3-10H,11H2,1-2H3,(H,21,23). The van der Waals surface area contributed by atoms with Crippen molar-refractivity contribution in [2.75, 3.05) is 5.32 Å². The number of rotatable bonds is 5. The Bertz CT molecular complexity index is 707. The van der Waals surface area contributed by atoms with Crippen LogP contribution in [-0.4, -0.2) is 11.7 Å². The summed E-state index contributed by atoms with van der Waals surface area (Å²) in [5.41, 5.74) is 2.00. The number of aryl methyl sites for hydroxylation is 1. The number of benzene rings is 2. The first-order valence-electron chi connectivity index (χ1n) is 7.14. The van der Waals surface area contributed by atoms with Gasteiger partial charge in [0.05, 0.1) is 6.42 Å². The van der Waals surface area contributed by atoms with E-state index in [9.17, 15) is 18.4 Å². The van der Waals surface area contributed by atoms with E-state index in [1.54, 1.807) is 12.1 Å². The quantitative estimate of drug-likeness (QED) is 0.910. The Hall–Kier alpha value is -2.56. The van der Waals surface area contributed by atoms with Crippen LogP contribution in [0.25, 0.3) is 0 Å². The van der Waals surface area contributed by atoms with Gasteiger partial charge in [0.25, 0.3) is 0 Å². The molecule has 0 aromatic heterocycles. The Kier molecular flexibility index (Phi) is 4.89. The van der Waals surface area contributed by atoms with Gasteiger partial charge in [-0.15, -0.1) is 0 Å². The number of carbonyl (C=O) groups is 2. The summed E-state index contributed by atoms with van der Waals surface area (Å²) in [6.45, 7) is 2.80. The van der Waals surface area contributed by atoms with E-state index in [1.807, 2.05) is 19.1 Å². The highest BCUT2D eigenvalue weighted by Crippen LogP contribution is 2.29. The molecule has 1 N–H and O–H groups in total. The van der Waals surface area contributed by atoms with Crippen molar-refractivity contribution in [1.82, 2.24) is 0 Å². The lowest BCUT2D eigenvalue weighted by Gasteiger charge is -2.13. The molecule has 0 bridgehead atoms. The highest BCUT2D eigenvalue weighted by molar-refractivity contribution is 5.92. The van der Waals surface area contributed by atoms with Gasteiger partial charge in [-0.25, -0.2) is 0 Å². The van der Waals surface area contributed by atoms with Crippen molar-refractivity contribution in [2.45, 2.75) is 26.2 Å². The zero-order valence-corrected chi connectivity index (χ0v) is 12.9. The SMILES string of the molecule is CC(=O)C(F)(F)c1ccc(CC(=O)Nc2ccc(C)cc2)cc1. The molecule has 0 aliphatic heterocycles. The zero-order chi connectivity index (χ0) is 17.0. The molecular weight excluding hydrogens is 300 g/mol. The Morgan fingerprint density at radius 2 is 1.57 bits per heavy atom. The molecule has 0 spiro atoms. The molecule has 0 heterocycles. The van der Waals surface area contributed by atoms with Crippen molar-refractivity contribution in [3.63, 3.8) is 0 Å². The van der Waals surface area contributed by atoms with E-state index in [4.69, 9.17) is 0 Å². The maximum absolute atomic E-state index is 13.6. The van der Waals surface area contributed by atoms with Gasteiger partial charge in [-0.2, -0.15) is 8.78 Å². The van der Waals surface area contributed by atoms with Gasteiger partial charge in [-0.3, -0.25) is 9.59 Å². The maximum Gasteiger partial charge on any atom is 0.330 e. The summed E-state index contributed by atoms with van der Waals surface area (Å²) < 4.78 is 27.1. The van der Waals surface area contributed by atoms with Crippen molar-refractivity contribution in [3.8, 4) is 0 Å². The molecule has 0 unspecified atom stereocenters. The van der Waals surface area contributed by atoms with Gasteiger partial charge in [-0.05, 0) is 24.6 Å². The summed E-state index contributed by atoms with van der Waals surface area (Å²) in [7, 11) is 0. The minimum Gasteiger partial charge on any atom is -0.326 e. The average Bonchev–Trinajstić information content (AvgIpc) is 2.50. The van der Waals surface area contributed by atoms with E-state index in [0.29, 0.717) is 11.3 Å². The number of ketones is 1. The largest absolute Gasteiger partial charge is 0.330 e. The number of halogens is 2. The number of anilines is 1. The maximum atomic E-state index is 13.6. The monoisotopic (exact) mass is 317 g/mol. The third-order valence-electron chi connectivity index (χ3n) is 3.46. The number of nitrogens with one attached hydrogen (secondary N) is 1. The van der Waals surface area contributed by atoms with Gasteiger partial charge in [-0.1, -0.05) is 42.0 Å². The molecule has 0 aliphatic rings. The first-order valence-corrected chi connectivity index (χ1v) is 7.14. The highest BCUT2D eigenvalue weighted by Gasteiger charge is 2.37. The molecule has 3 nitrogen and oxygen atoms in total. The van der Waals surface area contributed by atoms with Gasteiger partial charge >= 0.3 is 5.92 Å². The van der Waals surface area contributed by atoms with Crippen LogP contribution in [0.3, 0.4) is 0 Å². The molecule has 0 aliphatic carbocycles. The van der Waals surface area contributed by atoms with Gasteiger partial charge in [0, 0.05) is 18.2 Å². The number of hydrogen-bond donors (Lipinski definition) is 1. The summed E-state index contributed by atoms with van der Waals surface area (Å²) in [5.74, 6) is -4.94. The molecule has 2 aromatic carbocycles. The van der Waals surface area contributed by atoms with Crippen molar-refractivity contribution in [3.05, 3.63) is 65.2 Å². The predicted molar refractivity (Wildman–Crippen MR) is 84.5 cm³/mol. The Balaban J connectivity index is 2.02. The van der Waals surface area contributed by atoms with E-state index in [-0.39, 0.29) is 17.9 Å². The number of amides is 1. The van der Waals surface area contributed by atoms with Crippen molar-refractivity contribution < 1.29 is 18.4 Å². The molecule has 2 rings (SSSR count). The lowest BCUT2D eigenvalue weighted by molar-refractivity contribution is -0.141. The lowest BCUT2D eigenvalue weighted by Crippen LogP contribution is -2.23. The van der Waals surface area contributed by atoms with Crippen LogP contribution in [0.4, 0.5) is 14.5 Å². The molecular formula is C18H17F2NO2. The fourth-order valence-electron chi connectivity index (χ4n) is 2.06. The molecule has 23 heavy (non-hydrogen) atoms. The molecule has 0 saturated heterocycles. The summed E-state index contributed by atoms with van der Waals surface area (Å²) in [6, 6.07) is 12.6. The molecule has 0 saturated carbocycles. The normalized spacial score (nSPS) is 11.1. The van der Waals surface area contributed by atoms with Crippen LogP contribution >= 0.6 is 0 Å². The van der Waals surface area contributed by atoms with Crippen molar-refractivity contribution in [1.29, 1.82) is 0 Å². The molecule has 0 radical (unpaired) electrons. The molecule has 0 fully saturated rings. The summed E-state index contributed by atoms with van der Waals surface area (Å²) in [5, 5.41) is 2.74. The number of alkyl halides is 2. The fourth-order valence-corrected chi connectivity index (χ4v) is 2.06. The summed E-state index contributed by atoms with van der Waals surface area (Å²) in [6.07, 6.45) is 0.0692. The Morgan fingerprint density at radius 1 is 1.00 bits per heavy atom. The van der Waals surface area contributed by atoms with Crippen LogP contribution in [0.15, 0.2) is 48.5 Å². The second-order valence-electron chi connectivity index (χ2n) is 5.42. The molecule has 120 valence electrons. The van der Waals surface area contributed by atoms with Gasteiger partial charge in [0.1, 0.15) is 0 Å². The average molecular weight is 317 g/mol. The number of carbonyl (C=O) groups excluding carboxylic acids is 2. The number of Topliss-reactive ketones (excluding diaryl/α,β-unsaturated/α-hetero) is 1. The highest BCUT2D eigenvalue weighted by atomic mass is 19.3. The third-order valence-corrected chi connectivity index (χ3v) is 3.46. The first kappa shape index (κ1) is 16.8. The predicted octanol–water partition coefficient (Wildman–Crippen LogP) is 3.86. The van der Waals surface area contributed by atoms with Crippen molar-refractivity contribution in [2.24, 2.45) is 0 Å². The molecule has 1 amide bonds. The summed E-state index contributed by atoms with van der Waals surface area (Å²) >= 11 is 0.